The molecule has 1 amide bonds. The number of anilines is 1. The second-order valence-corrected chi connectivity index (χ2v) is 6.27. The maximum atomic E-state index is 12.1. The molecule has 22 heavy (non-hydrogen) atoms. The van der Waals surface area contributed by atoms with Gasteiger partial charge in [0.05, 0.1) is 6.54 Å². The summed E-state index contributed by atoms with van der Waals surface area (Å²) in [6.45, 7) is 4.59. The van der Waals surface area contributed by atoms with Gasteiger partial charge in [-0.2, -0.15) is 0 Å². The summed E-state index contributed by atoms with van der Waals surface area (Å²) < 4.78 is 0. The smallest absolute Gasteiger partial charge is 0.238 e. The minimum atomic E-state index is 0.0277. The lowest BCUT2D eigenvalue weighted by atomic mass is 9.99. The quantitative estimate of drug-likeness (QED) is 0.814. The predicted octanol–water partition coefficient (Wildman–Crippen LogP) is 2.67. The second kappa shape index (κ2) is 8.91. The van der Waals surface area contributed by atoms with Crippen molar-refractivity contribution in [1.29, 1.82) is 0 Å². The zero-order valence-corrected chi connectivity index (χ0v) is 13.6. The van der Waals surface area contributed by atoms with Crippen molar-refractivity contribution in [3.05, 3.63) is 29.8 Å². The molecule has 2 rings (SSSR count). The molecule has 0 spiro atoms. The van der Waals surface area contributed by atoms with Gasteiger partial charge in [0.2, 0.25) is 5.91 Å². The molecule has 1 aromatic rings. The van der Waals surface area contributed by atoms with Crippen molar-refractivity contribution in [2.24, 2.45) is 5.92 Å². The summed E-state index contributed by atoms with van der Waals surface area (Å²) in [5.41, 5.74) is 2.18. The third-order valence-electron chi connectivity index (χ3n) is 4.29. The Morgan fingerprint density at radius 1 is 1.36 bits per heavy atom. The summed E-state index contributed by atoms with van der Waals surface area (Å²) in [5.74, 6) is 0.347. The number of hydrogen-bond donors (Lipinski definition) is 2. The summed E-state index contributed by atoms with van der Waals surface area (Å²) in [5, 5.41) is 12.2. The molecule has 4 heteroatoms. The SMILES string of the molecule is CCCCc1ccc(NC(=O)CN2CCC[C@@H](CO)C2)cc1. The predicted molar refractivity (Wildman–Crippen MR) is 89.9 cm³/mol. The topological polar surface area (TPSA) is 52.6 Å². The average molecular weight is 304 g/mol. The Balaban J connectivity index is 1.78. The number of unbranched alkanes of at least 4 members (excludes halogenated alkanes) is 1. The molecule has 0 bridgehead atoms. The Hall–Kier alpha value is -1.39. The van der Waals surface area contributed by atoms with Crippen molar-refractivity contribution >= 4 is 11.6 Å². The fraction of sp³-hybridized carbons (Fsp3) is 0.611. The van der Waals surface area contributed by atoms with Gasteiger partial charge in [-0.3, -0.25) is 9.69 Å². The third-order valence-corrected chi connectivity index (χ3v) is 4.29. The van der Waals surface area contributed by atoms with Gasteiger partial charge in [0.15, 0.2) is 0 Å². The molecule has 1 aliphatic heterocycles. The third kappa shape index (κ3) is 5.43. The molecule has 1 heterocycles. The van der Waals surface area contributed by atoms with Crippen LogP contribution in [0.5, 0.6) is 0 Å². The maximum absolute atomic E-state index is 12.1. The zero-order valence-electron chi connectivity index (χ0n) is 13.6. The molecule has 0 saturated carbocycles. The summed E-state index contributed by atoms with van der Waals surface area (Å²) in [4.78, 5) is 14.3. The Morgan fingerprint density at radius 2 is 2.14 bits per heavy atom. The highest BCUT2D eigenvalue weighted by atomic mass is 16.3. The fourth-order valence-electron chi connectivity index (χ4n) is 2.98. The number of likely N-dealkylation sites (tertiary alicyclic amines) is 1. The van der Waals surface area contributed by atoms with E-state index in [-0.39, 0.29) is 12.5 Å². The van der Waals surface area contributed by atoms with E-state index in [9.17, 15) is 9.90 Å². The van der Waals surface area contributed by atoms with Crippen LogP contribution in [0.1, 0.15) is 38.2 Å². The van der Waals surface area contributed by atoms with Crippen LogP contribution >= 0.6 is 0 Å². The maximum Gasteiger partial charge on any atom is 0.238 e. The van der Waals surface area contributed by atoms with Gasteiger partial charge < -0.3 is 10.4 Å². The highest BCUT2D eigenvalue weighted by Gasteiger charge is 2.20. The second-order valence-electron chi connectivity index (χ2n) is 6.27. The number of nitrogens with zero attached hydrogens (tertiary/aromatic N) is 1. The minimum Gasteiger partial charge on any atom is -0.396 e. The standard InChI is InChI=1S/C18H28N2O2/c1-2-3-5-15-7-9-17(10-8-15)19-18(22)13-20-11-4-6-16(12-20)14-21/h7-10,16,21H,2-6,11-14H2,1H3,(H,19,22)/t16-/m1/s1. The van der Waals surface area contributed by atoms with Crippen LogP contribution < -0.4 is 5.32 Å². The Kier molecular flexibility index (Phi) is 6.87. The van der Waals surface area contributed by atoms with E-state index in [2.05, 4.69) is 29.3 Å². The summed E-state index contributed by atoms with van der Waals surface area (Å²) >= 11 is 0. The molecule has 122 valence electrons. The number of rotatable bonds is 7. The molecular formula is C18H28N2O2. The molecule has 1 aromatic carbocycles. The van der Waals surface area contributed by atoms with Crippen molar-refractivity contribution in [3.8, 4) is 0 Å². The first-order chi connectivity index (χ1) is 10.7. The van der Waals surface area contributed by atoms with Crippen LogP contribution in [0.2, 0.25) is 0 Å². The number of carbonyl (C=O) groups is 1. The van der Waals surface area contributed by atoms with Crippen LogP contribution in [0.4, 0.5) is 5.69 Å². The molecular weight excluding hydrogens is 276 g/mol. The molecule has 2 N–H and O–H groups in total. The highest BCUT2D eigenvalue weighted by molar-refractivity contribution is 5.92. The van der Waals surface area contributed by atoms with Gasteiger partial charge >= 0.3 is 0 Å². The minimum absolute atomic E-state index is 0.0277. The van der Waals surface area contributed by atoms with E-state index in [1.807, 2.05) is 12.1 Å². The Morgan fingerprint density at radius 3 is 2.82 bits per heavy atom. The van der Waals surface area contributed by atoms with Crippen molar-refractivity contribution in [2.75, 3.05) is 31.6 Å². The van der Waals surface area contributed by atoms with Crippen molar-refractivity contribution in [1.82, 2.24) is 4.90 Å². The van der Waals surface area contributed by atoms with Crippen LogP contribution in [0, 0.1) is 5.92 Å². The summed E-state index contributed by atoms with van der Waals surface area (Å²) in [7, 11) is 0. The molecule has 1 atom stereocenters. The van der Waals surface area contributed by atoms with E-state index >= 15 is 0 Å². The number of aryl methyl sites for hydroxylation is 1. The lowest BCUT2D eigenvalue weighted by molar-refractivity contribution is -0.117. The van der Waals surface area contributed by atoms with Crippen molar-refractivity contribution in [2.45, 2.75) is 39.0 Å². The number of aliphatic hydroxyl groups is 1. The number of amides is 1. The normalized spacial score (nSPS) is 19.1. The first kappa shape index (κ1) is 17.0. The molecule has 1 saturated heterocycles. The first-order valence-corrected chi connectivity index (χ1v) is 8.43. The summed E-state index contributed by atoms with van der Waals surface area (Å²) in [6, 6.07) is 8.15. The average Bonchev–Trinajstić information content (AvgIpc) is 2.54. The van der Waals surface area contributed by atoms with Gasteiger partial charge in [0, 0.05) is 18.8 Å². The number of benzene rings is 1. The molecule has 0 aromatic heterocycles. The van der Waals surface area contributed by atoms with Crippen molar-refractivity contribution < 1.29 is 9.90 Å². The summed E-state index contributed by atoms with van der Waals surface area (Å²) in [6.07, 6.45) is 5.62. The van der Waals surface area contributed by atoms with Crippen LogP contribution in [0.3, 0.4) is 0 Å². The number of piperidine rings is 1. The van der Waals surface area contributed by atoms with Gasteiger partial charge in [-0.05, 0) is 55.8 Å². The number of aliphatic hydroxyl groups excluding tert-OH is 1. The molecule has 0 aliphatic carbocycles. The monoisotopic (exact) mass is 304 g/mol. The lowest BCUT2D eigenvalue weighted by Gasteiger charge is -2.31. The van der Waals surface area contributed by atoms with Crippen molar-refractivity contribution in [3.63, 3.8) is 0 Å². The largest absolute Gasteiger partial charge is 0.396 e. The van der Waals surface area contributed by atoms with Crippen LogP contribution in [0.25, 0.3) is 0 Å². The lowest BCUT2D eigenvalue weighted by Crippen LogP contribution is -2.41. The molecule has 4 nitrogen and oxygen atoms in total. The molecule has 1 fully saturated rings. The van der Waals surface area contributed by atoms with Crippen LogP contribution in [0.15, 0.2) is 24.3 Å². The highest BCUT2D eigenvalue weighted by Crippen LogP contribution is 2.16. The molecule has 0 radical (unpaired) electrons. The van der Waals surface area contributed by atoms with Crippen LogP contribution in [-0.4, -0.2) is 42.2 Å². The Bertz CT molecular complexity index is 459. The zero-order chi connectivity index (χ0) is 15.8. The van der Waals surface area contributed by atoms with E-state index in [4.69, 9.17) is 0 Å². The molecule has 1 aliphatic rings. The fourth-order valence-corrected chi connectivity index (χ4v) is 2.98. The van der Waals surface area contributed by atoms with Crippen LogP contribution in [-0.2, 0) is 11.2 Å². The number of hydrogen-bond acceptors (Lipinski definition) is 3. The number of nitrogens with one attached hydrogen (secondary N) is 1. The van der Waals surface area contributed by atoms with E-state index in [1.54, 1.807) is 0 Å². The van der Waals surface area contributed by atoms with E-state index in [0.717, 1.165) is 38.0 Å². The van der Waals surface area contributed by atoms with Gasteiger partial charge in [0.1, 0.15) is 0 Å². The van der Waals surface area contributed by atoms with Gasteiger partial charge in [-0.25, -0.2) is 0 Å². The van der Waals surface area contributed by atoms with Gasteiger partial charge in [-0.15, -0.1) is 0 Å². The van der Waals surface area contributed by atoms with E-state index in [0.29, 0.717) is 12.5 Å². The first-order valence-electron chi connectivity index (χ1n) is 8.43. The molecule has 0 unspecified atom stereocenters. The van der Waals surface area contributed by atoms with Gasteiger partial charge in [0.25, 0.3) is 0 Å². The van der Waals surface area contributed by atoms with E-state index < -0.39 is 0 Å². The van der Waals surface area contributed by atoms with Gasteiger partial charge in [-0.1, -0.05) is 25.5 Å². The van der Waals surface area contributed by atoms with E-state index in [1.165, 1.54) is 18.4 Å². The Labute approximate surface area is 133 Å². The number of carbonyl (C=O) groups excluding carboxylic acids is 1.